The smallest absolute Gasteiger partial charge is 0.251 e. The first-order valence-electron chi connectivity index (χ1n) is 7.76. The van der Waals surface area contributed by atoms with E-state index in [1.165, 1.54) is 0 Å². The number of sulfonamides is 1. The summed E-state index contributed by atoms with van der Waals surface area (Å²) in [6.45, 7) is 1.44. The van der Waals surface area contributed by atoms with E-state index in [2.05, 4.69) is 15.4 Å². The molecule has 8 heteroatoms. The molecular formula is C17H22N4O3S. The van der Waals surface area contributed by atoms with Gasteiger partial charge in [-0.15, -0.1) is 0 Å². The Bertz CT molecular complexity index is 803. The minimum atomic E-state index is -3.27. The highest BCUT2D eigenvalue weighted by Crippen LogP contribution is 2.14. The maximum Gasteiger partial charge on any atom is 0.251 e. The van der Waals surface area contributed by atoms with Crippen LogP contribution < -0.4 is 21.1 Å². The zero-order chi connectivity index (χ0) is 18.3. The zero-order valence-electron chi connectivity index (χ0n) is 14.0. The molecule has 25 heavy (non-hydrogen) atoms. The highest BCUT2D eigenvalue weighted by atomic mass is 32.2. The molecule has 0 saturated carbocycles. The molecule has 0 atom stereocenters. The van der Waals surface area contributed by atoms with E-state index in [1.807, 2.05) is 24.3 Å². The highest BCUT2D eigenvalue weighted by Gasteiger charge is 2.04. The third-order valence-electron chi connectivity index (χ3n) is 3.33. The van der Waals surface area contributed by atoms with Gasteiger partial charge in [0.2, 0.25) is 10.0 Å². The van der Waals surface area contributed by atoms with Gasteiger partial charge in [-0.1, -0.05) is 12.1 Å². The van der Waals surface area contributed by atoms with Crippen molar-refractivity contribution < 1.29 is 13.2 Å². The van der Waals surface area contributed by atoms with Crippen LogP contribution in [0.2, 0.25) is 0 Å². The molecule has 1 amide bonds. The largest absolute Gasteiger partial charge is 0.381 e. The van der Waals surface area contributed by atoms with E-state index in [-0.39, 0.29) is 5.91 Å². The fourth-order valence-corrected chi connectivity index (χ4v) is 2.70. The van der Waals surface area contributed by atoms with Crippen molar-refractivity contribution in [1.82, 2.24) is 5.32 Å². The molecule has 0 aliphatic rings. The van der Waals surface area contributed by atoms with Gasteiger partial charge in [-0.3, -0.25) is 9.52 Å². The van der Waals surface area contributed by atoms with Gasteiger partial charge >= 0.3 is 0 Å². The van der Waals surface area contributed by atoms with Crippen LogP contribution in [0.5, 0.6) is 0 Å². The number of carbonyl (C=O) groups is 1. The molecule has 0 fully saturated rings. The summed E-state index contributed by atoms with van der Waals surface area (Å²) in [6, 6.07) is 14.3. The van der Waals surface area contributed by atoms with Gasteiger partial charge in [-0.05, 0) is 42.0 Å². The molecule has 0 saturated heterocycles. The first-order chi connectivity index (χ1) is 11.9. The number of rotatable bonds is 8. The maximum absolute atomic E-state index is 11.8. The Balaban J connectivity index is 1.89. The molecule has 0 bridgehead atoms. The molecule has 0 unspecified atom stereocenters. The van der Waals surface area contributed by atoms with Crippen LogP contribution in [0.15, 0.2) is 48.5 Å². The monoisotopic (exact) mass is 362 g/mol. The van der Waals surface area contributed by atoms with Crippen molar-refractivity contribution in [2.24, 2.45) is 5.73 Å². The first kappa shape index (κ1) is 18.8. The Morgan fingerprint density at radius 2 is 1.60 bits per heavy atom. The Morgan fingerprint density at radius 1 is 1.00 bits per heavy atom. The number of hydrogen-bond acceptors (Lipinski definition) is 5. The minimum absolute atomic E-state index is 0.147. The summed E-state index contributed by atoms with van der Waals surface area (Å²) in [6.07, 6.45) is 1.11. The van der Waals surface area contributed by atoms with Crippen LogP contribution in [0, 0.1) is 0 Å². The quantitative estimate of drug-likeness (QED) is 0.566. The number of benzene rings is 2. The summed E-state index contributed by atoms with van der Waals surface area (Å²) in [7, 11) is -3.27. The van der Waals surface area contributed by atoms with E-state index < -0.39 is 10.0 Å². The van der Waals surface area contributed by atoms with E-state index >= 15 is 0 Å². The second kappa shape index (κ2) is 8.50. The molecule has 0 radical (unpaired) electrons. The number of nitrogens with one attached hydrogen (secondary N) is 3. The van der Waals surface area contributed by atoms with Crippen molar-refractivity contribution in [2.45, 2.75) is 6.54 Å². The molecule has 0 aliphatic carbocycles. The molecule has 2 aromatic carbocycles. The molecular weight excluding hydrogens is 340 g/mol. The van der Waals surface area contributed by atoms with Crippen molar-refractivity contribution >= 4 is 27.3 Å². The Morgan fingerprint density at radius 3 is 2.16 bits per heavy atom. The van der Waals surface area contributed by atoms with Crippen LogP contribution in [0.4, 0.5) is 11.4 Å². The molecule has 5 N–H and O–H groups in total. The number of carbonyl (C=O) groups excluding carboxylic acids is 1. The molecule has 0 aliphatic heterocycles. The summed E-state index contributed by atoms with van der Waals surface area (Å²) < 4.78 is 24.8. The topological polar surface area (TPSA) is 113 Å². The summed E-state index contributed by atoms with van der Waals surface area (Å²) in [5.74, 6) is -0.147. The highest BCUT2D eigenvalue weighted by molar-refractivity contribution is 7.92. The number of anilines is 2. The Labute approximate surface area is 147 Å². The van der Waals surface area contributed by atoms with Gasteiger partial charge in [0.05, 0.1) is 6.26 Å². The Hall–Kier alpha value is -2.58. The van der Waals surface area contributed by atoms with Gasteiger partial charge in [0, 0.05) is 36.6 Å². The molecule has 0 heterocycles. The zero-order valence-corrected chi connectivity index (χ0v) is 14.8. The van der Waals surface area contributed by atoms with Crippen molar-refractivity contribution in [2.75, 3.05) is 29.4 Å². The second-order valence-electron chi connectivity index (χ2n) is 5.55. The van der Waals surface area contributed by atoms with Crippen LogP contribution in [-0.4, -0.2) is 33.7 Å². The summed E-state index contributed by atoms with van der Waals surface area (Å²) >= 11 is 0. The average molecular weight is 362 g/mol. The third kappa shape index (κ3) is 6.44. The predicted molar refractivity (Wildman–Crippen MR) is 100 cm³/mol. The Kier molecular flexibility index (Phi) is 6.37. The van der Waals surface area contributed by atoms with E-state index in [0.717, 1.165) is 17.5 Å². The molecule has 0 spiro atoms. The van der Waals surface area contributed by atoms with E-state index in [4.69, 9.17) is 5.73 Å². The van der Waals surface area contributed by atoms with Crippen LogP contribution in [-0.2, 0) is 16.6 Å². The first-order valence-corrected chi connectivity index (χ1v) is 9.65. The maximum atomic E-state index is 11.8. The van der Waals surface area contributed by atoms with E-state index in [1.54, 1.807) is 24.3 Å². The van der Waals surface area contributed by atoms with Gasteiger partial charge in [0.15, 0.2) is 0 Å². The van der Waals surface area contributed by atoms with Gasteiger partial charge in [-0.25, -0.2) is 8.42 Å². The standard InChI is InChI=1S/C17H22N4O3S/c1-25(23,24)21-16-6-2-13(3-7-16)12-20-15-8-4-14(5-9-15)17(22)19-11-10-18/h2-9,20-21H,10-12,18H2,1H3,(H,19,22). The summed E-state index contributed by atoms with van der Waals surface area (Å²) in [5, 5.41) is 5.96. The number of amides is 1. The lowest BCUT2D eigenvalue weighted by atomic mass is 10.1. The summed E-state index contributed by atoms with van der Waals surface area (Å²) in [4.78, 5) is 11.8. The van der Waals surface area contributed by atoms with E-state index in [9.17, 15) is 13.2 Å². The molecule has 134 valence electrons. The van der Waals surface area contributed by atoms with Gasteiger partial charge < -0.3 is 16.4 Å². The fourth-order valence-electron chi connectivity index (χ4n) is 2.14. The molecule has 2 rings (SSSR count). The molecule has 0 aromatic heterocycles. The van der Waals surface area contributed by atoms with Crippen molar-refractivity contribution in [1.29, 1.82) is 0 Å². The lowest BCUT2D eigenvalue weighted by molar-refractivity contribution is 0.0955. The van der Waals surface area contributed by atoms with Gasteiger partial charge in [-0.2, -0.15) is 0 Å². The lowest BCUT2D eigenvalue weighted by Gasteiger charge is -2.09. The van der Waals surface area contributed by atoms with Crippen molar-refractivity contribution in [3.63, 3.8) is 0 Å². The predicted octanol–water partition coefficient (Wildman–Crippen LogP) is 1.36. The van der Waals surface area contributed by atoms with Crippen molar-refractivity contribution in [3.05, 3.63) is 59.7 Å². The van der Waals surface area contributed by atoms with Gasteiger partial charge in [0.1, 0.15) is 0 Å². The normalized spacial score (nSPS) is 11.0. The van der Waals surface area contributed by atoms with Gasteiger partial charge in [0.25, 0.3) is 5.91 Å². The SMILES string of the molecule is CS(=O)(=O)Nc1ccc(CNc2ccc(C(=O)NCCN)cc2)cc1. The number of hydrogen-bond donors (Lipinski definition) is 4. The fraction of sp³-hybridized carbons (Fsp3) is 0.235. The minimum Gasteiger partial charge on any atom is -0.381 e. The molecule has 2 aromatic rings. The van der Waals surface area contributed by atoms with Crippen LogP contribution in [0.25, 0.3) is 0 Å². The van der Waals surface area contributed by atoms with E-state index in [0.29, 0.717) is 30.9 Å². The lowest BCUT2D eigenvalue weighted by Crippen LogP contribution is -2.28. The van der Waals surface area contributed by atoms with Crippen molar-refractivity contribution in [3.8, 4) is 0 Å². The van der Waals surface area contributed by atoms with Crippen LogP contribution in [0.3, 0.4) is 0 Å². The molecule has 7 nitrogen and oxygen atoms in total. The van der Waals surface area contributed by atoms with Crippen LogP contribution in [0.1, 0.15) is 15.9 Å². The third-order valence-corrected chi connectivity index (χ3v) is 3.94. The average Bonchev–Trinajstić information content (AvgIpc) is 2.58. The number of nitrogens with two attached hydrogens (primary N) is 1. The summed E-state index contributed by atoms with van der Waals surface area (Å²) in [5.41, 5.74) is 8.35. The van der Waals surface area contributed by atoms with Crippen LogP contribution >= 0.6 is 0 Å². The second-order valence-corrected chi connectivity index (χ2v) is 7.30.